The number of rotatable bonds is 3. The van der Waals surface area contributed by atoms with Crippen LogP contribution in [0.3, 0.4) is 0 Å². The Hall–Kier alpha value is -1.11. The first kappa shape index (κ1) is 9.98. The predicted molar refractivity (Wildman–Crippen MR) is 48.5 cm³/mol. The summed E-state index contributed by atoms with van der Waals surface area (Å²) in [6.07, 6.45) is 2.87. The standard InChI is InChI=1S/C7H11BN2O3/c1-13-7-5(2-9)3-10-4-6(7)8(11)12/h3-4,11-12H,2,9H2,1H3. The Kier molecular flexibility index (Phi) is 3.24. The van der Waals surface area contributed by atoms with Crippen LogP contribution >= 0.6 is 0 Å². The summed E-state index contributed by atoms with van der Waals surface area (Å²) in [5.74, 6) is 0.382. The van der Waals surface area contributed by atoms with Crippen LogP contribution in [0.2, 0.25) is 0 Å². The van der Waals surface area contributed by atoms with Gasteiger partial charge in [0, 0.05) is 30.0 Å². The molecule has 4 N–H and O–H groups in total. The van der Waals surface area contributed by atoms with E-state index < -0.39 is 7.12 Å². The Morgan fingerprint density at radius 1 is 1.54 bits per heavy atom. The molecule has 0 aliphatic heterocycles. The molecule has 1 rings (SSSR count). The van der Waals surface area contributed by atoms with E-state index in [4.69, 9.17) is 20.5 Å². The van der Waals surface area contributed by atoms with Crippen LogP contribution in [0.1, 0.15) is 5.56 Å². The Morgan fingerprint density at radius 3 is 2.69 bits per heavy atom. The molecule has 5 nitrogen and oxygen atoms in total. The lowest BCUT2D eigenvalue weighted by molar-refractivity contribution is 0.399. The molecule has 0 unspecified atom stereocenters. The number of ether oxygens (including phenoxy) is 1. The van der Waals surface area contributed by atoms with E-state index in [1.54, 1.807) is 0 Å². The minimum Gasteiger partial charge on any atom is -0.497 e. The minimum absolute atomic E-state index is 0.227. The number of aromatic nitrogens is 1. The van der Waals surface area contributed by atoms with Gasteiger partial charge in [0.15, 0.2) is 0 Å². The molecule has 1 heterocycles. The van der Waals surface area contributed by atoms with Gasteiger partial charge in [0.1, 0.15) is 5.75 Å². The topological polar surface area (TPSA) is 88.6 Å². The van der Waals surface area contributed by atoms with Crippen molar-refractivity contribution in [3.05, 3.63) is 18.0 Å². The average Bonchev–Trinajstić information content (AvgIpc) is 2.16. The molecule has 6 heteroatoms. The number of nitrogens with zero attached hydrogens (tertiary/aromatic N) is 1. The van der Waals surface area contributed by atoms with Crippen LogP contribution < -0.4 is 15.9 Å². The van der Waals surface area contributed by atoms with Crippen molar-refractivity contribution in [3.63, 3.8) is 0 Å². The molecule has 0 atom stereocenters. The van der Waals surface area contributed by atoms with Crippen LogP contribution in [-0.4, -0.2) is 29.3 Å². The molecular weight excluding hydrogens is 171 g/mol. The van der Waals surface area contributed by atoms with Gasteiger partial charge in [-0.15, -0.1) is 0 Å². The predicted octanol–water partition coefficient (Wildman–Crippen LogP) is -1.77. The van der Waals surface area contributed by atoms with E-state index in [9.17, 15) is 0 Å². The molecule has 0 aliphatic carbocycles. The first-order valence-corrected chi connectivity index (χ1v) is 3.77. The maximum atomic E-state index is 8.95. The maximum absolute atomic E-state index is 8.95. The fraction of sp³-hybridized carbons (Fsp3) is 0.286. The van der Waals surface area contributed by atoms with Gasteiger partial charge < -0.3 is 20.5 Å². The second kappa shape index (κ2) is 4.22. The summed E-state index contributed by atoms with van der Waals surface area (Å²) in [5.41, 5.74) is 6.29. The Labute approximate surface area is 76.3 Å². The third-order valence-electron chi connectivity index (χ3n) is 1.70. The van der Waals surface area contributed by atoms with Crippen molar-refractivity contribution < 1.29 is 14.8 Å². The van der Waals surface area contributed by atoms with Gasteiger partial charge in [-0.25, -0.2) is 0 Å². The number of pyridine rings is 1. The fourth-order valence-corrected chi connectivity index (χ4v) is 1.09. The Balaban J connectivity index is 3.19. The summed E-state index contributed by atoms with van der Waals surface area (Å²) >= 11 is 0. The van der Waals surface area contributed by atoms with Gasteiger partial charge in [-0.3, -0.25) is 4.98 Å². The van der Waals surface area contributed by atoms with Crippen LogP contribution in [0.4, 0.5) is 0 Å². The van der Waals surface area contributed by atoms with Crippen molar-refractivity contribution in [2.75, 3.05) is 7.11 Å². The van der Waals surface area contributed by atoms with Gasteiger partial charge in [0.25, 0.3) is 0 Å². The molecule has 1 aromatic rings. The second-order valence-electron chi connectivity index (χ2n) is 2.50. The fourth-order valence-electron chi connectivity index (χ4n) is 1.09. The average molecular weight is 182 g/mol. The van der Waals surface area contributed by atoms with E-state index in [2.05, 4.69) is 4.98 Å². The molecule has 0 aliphatic rings. The highest BCUT2D eigenvalue weighted by Gasteiger charge is 2.19. The van der Waals surface area contributed by atoms with Crippen molar-refractivity contribution in [3.8, 4) is 5.75 Å². The SMILES string of the molecule is COc1c(CN)cncc1B(O)O. The van der Waals surface area contributed by atoms with E-state index in [-0.39, 0.29) is 12.0 Å². The molecule has 0 bridgehead atoms. The Morgan fingerprint density at radius 2 is 2.23 bits per heavy atom. The molecule has 0 aromatic carbocycles. The molecule has 13 heavy (non-hydrogen) atoms. The number of nitrogens with two attached hydrogens (primary N) is 1. The highest BCUT2D eigenvalue weighted by Crippen LogP contribution is 2.12. The van der Waals surface area contributed by atoms with E-state index in [1.807, 2.05) is 0 Å². The largest absolute Gasteiger partial charge is 0.497 e. The van der Waals surface area contributed by atoms with Crippen molar-refractivity contribution in [2.24, 2.45) is 5.73 Å². The van der Waals surface area contributed by atoms with Crippen molar-refractivity contribution in [2.45, 2.75) is 6.54 Å². The summed E-state index contributed by atoms with van der Waals surface area (Å²) in [6, 6.07) is 0. The molecule has 1 aromatic heterocycles. The van der Waals surface area contributed by atoms with Crippen LogP contribution in [0.15, 0.2) is 12.4 Å². The third kappa shape index (κ3) is 1.97. The van der Waals surface area contributed by atoms with E-state index >= 15 is 0 Å². The minimum atomic E-state index is -1.59. The highest BCUT2D eigenvalue weighted by molar-refractivity contribution is 6.59. The van der Waals surface area contributed by atoms with Gasteiger partial charge in [-0.1, -0.05) is 0 Å². The van der Waals surface area contributed by atoms with Gasteiger partial charge >= 0.3 is 7.12 Å². The third-order valence-corrected chi connectivity index (χ3v) is 1.70. The number of hydrogen-bond acceptors (Lipinski definition) is 5. The lowest BCUT2D eigenvalue weighted by Gasteiger charge is -2.10. The summed E-state index contributed by atoms with van der Waals surface area (Å²) in [6.45, 7) is 0.247. The second-order valence-corrected chi connectivity index (χ2v) is 2.50. The normalized spacial score (nSPS) is 9.85. The van der Waals surface area contributed by atoms with Gasteiger partial charge in [0.2, 0.25) is 0 Å². The molecule has 0 amide bonds. The molecule has 0 saturated carbocycles. The number of methoxy groups -OCH3 is 1. The van der Waals surface area contributed by atoms with Crippen molar-refractivity contribution in [1.82, 2.24) is 4.98 Å². The number of hydrogen-bond donors (Lipinski definition) is 3. The molecule has 0 spiro atoms. The quantitative estimate of drug-likeness (QED) is 0.481. The van der Waals surface area contributed by atoms with E-state index in [1.165, 1.54) is 19.5 Å². The molecule has 0 radical (unpaired) electrons. The van der Waals surface area contributed by atoms with Crippen LogP contribution in [0.5, 0.6) is 5.75 Å². The molecule has 0 fully saturated rings. The zero-order valence-corrected chi connectivity index (χ0v) is 7.27. The summed E-state index contributed by atoms with van der Waals surface area (Å²) in [4.78, 5) is 3.81. The maximum Gasteiger partial charge on any atom is 0.493 e. The summed E-state index contributed by atoms with van der Waals surface area (Å²) in [5, 5.41) is 17.9. The van der Waals surface area contributed by atoms with Crippen molar-refractivity contribution in [1.29, 1.82) is 0 Å². The molecular formula is C7H11BN2O3. The monoisotopic (exact) mass is 182 g/mol. The highest BCUT2D eigenvalue weighted by atomic mass is 16.5. The molecule has 0 saturated heterocycles. The lowest BCUT2D eigenvalue weighted by Crippen LogP contribution is -2.32. The van der Waals surface area contributed by atoms with Gasteiger partial charge in [0.05, 0.1) is 7.11 Å². The van der Waals surface area contributed by atoms with Gasteiger partial charge in [-0.2, -0.15) is 0 Å². The first-order chi connectivity index (χ1) is 6.20. The zero-order chi connectivity index (χ0) is 9.84. The van der Waals surface area contributed by atoms with Crippen molar-refractivity contribution >= 4 is 12.6 Å². The van der Waals surface area contributed by atoms with Crippen LogP contribution in [-0.2, 0) is 6.54 Å². The van der Waals surface area contributed by atoms with E-state index in [0.717, 1.165) is 0 Å². The summed E-state index contributed by atoms with van der Waals surface area (Å²) in [7, 11) is -0.144. The first-order valence-electron chi connectivity index (χ1n) is 3.77. The van der Waals surface area contributed by atoms with Gasteiger partial charge in [-0.05, 0) is 0 Å². The van der Waals surface area contributed by atoms with Crippen LogP contribution in [0.25, 0.3) is 0 Å². The Bertz CT molecular complexity index is 293. The molecule has 70 valence electrons. The lowest BCUT2D eigenvalue weighted by atomic mass is 9.80. The van der Waals surface area contributed by atoms with E-state index in [0.29, 0.717) is 11.3 Å². The zero-order valence-electron chi connectivity index (χ0n) is 7.27. The smallest absolute Gasteiger partial charge is 0.493 e. The van der Waals surface area contributed by atoms with Crippen LogP contribution in [0, 0.1) is 0 Å². The summed E-state index contributed by atoms with van der Waals surface area (Å²) < 4.78 is 4.99.